The first-order chi connectivity index (χ1) is 21.0. The Labute approximate surface area is 283 Å². The number of nitrogens with zero attached hydrogens (tertiary/aromatic N) is 3. The van der Waals surface area contributed by atoms with Crippen LogP contribution in [-0.2, 0) is 31.9 Å². The molecule has 4 aromatic heterocycles. The van der Waals surface area contributed by atoms with Gasteiger partial charge in [-0.15, -0.1) is 64.9 Å². The molecule has 0 aliphatic carbocycles. The van der Waals surface area contributed by atoms with Crippen LogP contribution in [0.15, 0.2) is 89.6 Å². The summed E-state index contributed by atoms with van der Waals surface area (Å²) in [6, 6.07) is 31.1. The van der Waals surface area contributed by atoms with E-state index in [1.54, 1.807) is 17.5 Å². The number of hydrogen-bond donors (Lipinski definition) is 0. The minimum absolute atomic E-state index is 0. The molecule has 0 bridgehead atoms. The van der Waals surface area contributed by atoms with Crippen LogP contribution >= 0.6 is 11.3 Å². The maximum absolute atomic E-state index is 6.35. The molecule has 4 nitrogen and oxygen atoms in total. The van der Waals surface area contributed by atoms with Gasteiger partial charge >= 0.3 is 0 Å². The van der Waals surface area contributed by atoms with E-state index in [0.29, 0.717) is 5.41 Å². The number of aryl methyl sites for hydroxylation is 1. The smallest absolute Gasteiger partial charge is 0.148 e. The van der Waals surface area contributed by atoms with Gasteiger partial charge in [-0.3, -0.25) is 0 Å². The molecule has 0 unspecified atom stereocenters. The molecule has 0 amide bonds. The summed E-state index contributed by atoms with van der Waals surface area (Å²) in [5.74, 6) is 0. The Kier molecular flexibility index (Phi) is 9.41. The number of aromatic nitrogens is 3. The third-order valence-electron chi connectivity index (χ3n) is 7.32. The van der Waals surface area contributed by atoms with Crippen LogP contribution in [0.3, 0.4) is 0 Å². The standard InChI is InChI=1S/C22H17N2OS.C17H20N.Ir/c1-22(2,3)21-24-18-17(26-21)11-10-14-13-7-6-8-15(19(13)25-20(14)18)16-9-4-5-12-23-16;1-13-5-8-15(9-6-13)16-10-7-14(12-18-16)11-17(2,3)4;/h4-7,9-12H,1-3H3;5-8,10,12H,11H2,1-4H3;/q2*-1;. The molecule has 45 heavy (non-hydrogen) atoms. The molecule has 1 radical (unpaired) electrons. The second-order valence-electron chi connectivity index (χ2n) is 13.5. The molecule has 7 aromatic rings. The van der Waals surface area contributed by atoms with Crippen LogP contribution in [0.1, 0.15) is 57.7 Å². The Morgan fingerprint density at radius 3 is 2.24 bits per heavy atom. The molecule has 0 fully saturated rings. The summed E-state index contributed by atoms with van der Waals surface area (Å²) in [5, 5.41) is 3.29. The number of rotatable bonds is 3. The normalized spacial score (nSPS) is 11.8. The van der Waals surface area contributed by atoms with Gasteiger partial charge in [-0.25, -0.2) is 4.98 Å². The van der Waals surface area contributed by atoms with Crippen LogP contribution in [0.5, 0.6) is 0 Å². The van der Waals surface area contributed by atoms with Crippen molar-refractivity contribution in [1.82, 2.24) is 15.0 Å². The predicted molar refractivity (Wildman–Crippen MR) is 184 cm³/mol. The van der Waals surface area contributed by atoms with E-state index in [0.717, 1.165) is 66.1 Å². The molecule has 3 aromatic carbocycles. The number of thiazole rings is 1. The number of benzene rings is 3. The molecular formula is C39H37IrN3OS-2. The average Bonchev–Trinajstić information content (AvgIpc) is 3.60. The number of pyridine rings is 2. The van der Waals surface area contributed by atoms with Crippen molar-refractivity contribution < 1.29 is 24.5 Å². The molecule has 7 rings (SSSR count). The van der Waals surface area contributed by atoms with Gasteiger partial charge in [-0.2, -0.15) is 0 Å². The largest absolute Gasteiger partial charge is 0.498 e. The monoisotopic (exact) mass is 788 g/mol. The minimum atomic E-state index is 0. The molecule has 0 aliphatic heterocycles. The Balaban J connectivity index is 0.000000186. The van der Waals surface area contributed by atoms with Crippen LogP contribution in [0.25, 0.3) is 54.7 Å². The first kappa shape index (κ1) is 32.7. The minimum Gasteiger partial charge on any atom is -0.498 e. The Hall–Kier alpha value is -3.70. The van der Waals surface area contributed by atoms with Crippen LogP contribution in [-0.4, -0.2) is 15.0 Å². The summed E-state index contributed by atoms with van der Waals surface area (Å²) in [4.78, 5) is 13.9. The van der Waals surface area contributed by atoms with Gasteiger partial charge in [-0.1, -0.05) is 89.7 Å². The molecule has 0 saturated carbocycles. The number of furan rings is 1. The van der Waals surface area contributed by atoms with E-state index in [2.05, 4.69) is 113 Å². The van der Waals surface area contributed by atoms with Crippen molar-refractivity contribution in [2.75, 3.05) is 0 Å². The first-order valence-electron chi connectivity index (χ1n) is 15.0. The van der Waals surface area contributed by atoms with Gasteiger partial charge in [0.1, 0.15) is 11.1 Å². The molecule has 0 atom stereocenters. The fourth-order valence-corrected chi connectivity index (χ4v) is 6.20. The van der Waals surface area contributed by atoms with Gasteiger partial charge in [0.15, 0.2) is 0 Å². The molecule has 0 saturated heterocycles. The molecule has 6 heteroatoms. The van der Waals surface area contributed by atoms with Gasteiger partial charge in [0.25, 0.3) is 0 Å². The van der Waals surface area contributed by atoms with E-state index in [-0.39, 0.29) is 25.5 Å². The molecule has 4 heterocycles. The van der Waals surface area contributed by atoms with Crippen molar-refractivity contribution in [2.45, 2.75) is 60.3 Å². The predicted octanol–water partition coefficient (Wildman–Crippen LogP) is 10.8. The van der Waals surface area contributed by atoms with Gasteiger partial charge in [0.2, 0.25) is 0 Å². The topological polar surface area (TPSA) is 51.8 Å². The van der Waals surface area contributed by atoms with E-state index in [4.69, 9.17) is 9.40 Å². The fourth-order valence-electron chi connectivity index (χ4n) is 5.17. The van der Waals surface area contributed by atoms with Crippen LogP contribution in [0.2, 0.25) is 0 Å². The summed E-state index contributed by atoms with van der Waals surface area (Å²) in [5.41, 5.74) is 9.26. The number of hydrogen-bond acceptors (Lipinski definition) is 5. The average molecular weight is 788 g/mol. The maximum atomic E-state index is 6.35. The molecule has 0 aliphatic rings. The Morgan fingerprint density at radius 2 is 1.60 bits per heavy atom. The Morgan fingerprint density at radius 1 is 0.800 bits per heavy atom. The second kappa shape index (κ2) is 13.0. The van der Waals surface area contributed by atoms with E-state index >= 15 is 0 Å². The van der Waals surface area contributed by atoms with Gasteiger partial charge < -0.3 is 14.4 Å². The molecule has 0 N–H and O–H groups in total. The zero-order valence-corrected chi connectivity index (χ0v) is 30.0. The molecular weight excluding hydrogens is 751 g/mol. The zero-order valence-electron chi connectivity index (χ0n) is 26.8. The van der Waals surface area contributed by atoms with Crippen molar-refractivity contribution in [3.05, 3.63) is 113 Å². The van der Waals surface area contributed by atoms with Crippen molar-refractivity contribution in [2.24, 2.45) is 5.41 Å². The summed E-state index contributed by atoms with van der Waals surface area (Å²) in [6.07, 6.45) is 4.82. The van der Waals surface area contributed by atoms with Crippen molar-refractivity contribution >= 4 is 43.5 Å². The summed E-state index contributed by atoms with van der Waals surface area (Å²) >= 11 is 1.74. The van der Waals surface area contributed by atoms with E-state index < -0.39 is 0 Å². The van der Waals surface area contributed by atoms with Gasteiger partial charge in [0, 0.05) is 43.3 Å². The maximum Gasteiger partial charge on any atom is 0.148 e. The summed E-state index contributed by atoms with van der Waals surface area (Å²) < 4.78 is 7.51. The second-order valence-corrected chi connectivity index (χ2v) is 14.6. The third kappa shape index (κ3) is 7.25. The van der Waals surface area contributed by atoms with Crippen molar-refractivity contribution in [1.29, 1.82) is 0 Å². The quantitative estimate of drug-likeness (QED) is 0.167. The van der Waals surface area contributed by atoms with Crippen LogP contribution in [0, 0.1) is 24.5 Å². The summed E-state index contributed by atoms with van der Waals surface area (Å²) in [6.45, 7) is 15.4. The number of fused-ring (bicyclic) bond motifs is 5. The van der Waals surface area contributed by atoms with Crippen LogP contribution in [0.4, 0.5) is 0 Å². The van der Waals surface area contributed by atoms with Gasteiger partial charge in [0.05, 0.1) is 15.3 Å². The van der Waals surface area contributed by atoms with E-state index in [9.17, 15) is 0 Å². The van der Waals surface area contributed by atoms with E-state index in [1.807, 2.05) is 36.5 Å². The SMILES string of the molecule is CC(C)(C)c1nc2c(ccc3c4cc[c-]c(-c5ccccn5)c4oc32)s1.Cc1c[c-]c(-c2ccc(CC(C)(C)C)cn2)cc1.[Ir]. The first-order valence-corrected chi connectivity index (χ1v) is 15.8. The summed E-state index contributed by atoms with van der Waals surface area (Å²) in [7, 11) is 0. The third-order valence-corrected chi connectivity index (χ3v) is 8.77. The van der Waals surface area contributed by atoms with Gasteiger partial charge in [-0.05, 0) is 40.9 Å². The zero-order chi connectivity index (χ0) is 31.1. The van der Waals surface area contributed by atoms with E-state index in [1.165, 1.54) is 11.1 Å². The fraction of sp³-hybridized carbons (Fsp3) is 0.256. The molecule has 0 spiro atoms. The Bertz CT molecular complexity index is 2050. The molecule has 231 valence electrons. The van der Waals surface area contributed by atoms with Crippen LogP contribution < -0.4 is 0 Å². The van der Waals surface area contributed by atoms with Crippen molar-refractivity contribution in [3.8, 4) is 22.5 Å². The van der Waals surface area contributed by atoms with Crippen molar-refractivity contribution in [3.63, 3.8) is 0 Å².